The summed E-state index contributed by atoms with van der Waals surface area (Å²) in [6.07, 6.45) is 6.92. The molecule has 1 unspecified atom stereocenters. The lowest BCUT2D eigenvalue weighted by atomic mass is 9.93. The van der Waals surface area contributed by atoms with E-state index in [1.165, 1.54) is 0 Å². The Morgan fingerprint density at radius 2 is 2.00 bits per heavy atom. The summed E-state index contributed by atoms with van der Waals surface area (Å²) in [6, 6.07) is 7.46. The number of para-hydroxylation sites is 1. The highest BCUT2D eigenvalue weighted by atomic mass is 16.3. The summed E-state index contributed by atoms with van der Waals surface area (Å²) in [4.78, 5) is 0. The summed E-state index contributed by atoms with van der Waals surface area (Å²) >= 11 is 0. The van der Waals surface area contributed by atoms with Crippen LogP contribution in [0.5, 0.6) is 5.75 Å². The van der Waals surface area contributed by atoms with Gasteiger partial charge in [-0.15, -0.1) is 13.2 Å². The van der Waals surface area contributed by atoms with Crippen LogP contribution in [-0.4, -0.2) is 5.11 Å². The molecule has 1 atom stereocenters. The van der Waals surface area contributed by atoms with Crippen LogP contribution in [0.3, 0.4) is 0 Å². The Kier molecular flexibility index (Phi) is 4.69. The van der Waals surface area contributed by atoms with Gasteiger partial charge in [-0.3, -0.25) is 0 Å². The third kappa shape index (κ3) is 3.28. The van der Waals surface area contributed by atoms with Crippen molar-refractivity contribution in [1.82, 2.24) is 0 Å². The van der Waals surface area contributed by atoms with Crippen LogP contribution in [0, 0.1) is 0 Å². The van der Waals surface area contributed by atoms with E-state index in [4.69, 9.17) is 0 Å². The van der Waals surface area contributed by atoms with Gasteiger partial charge >= 0.3 is 0 Å². The highest BCUT2D eigenvalue weighted by molar-refractivity contribution is 5.36. The van der Waals surface area contributed by atoms with Gasteiger partial charge in [0.1, 0.15) is 5.75 Å². The molecule has 80 valence electrons. The van der Waals surface area contributed by atoms with Crippen molar-refractivity contribution in [3.63, 3.8) is 0 Å². The lowest BCUT2D eigenvalue weighted by Gasteiger charge is -2.13. The maximum absolute atomic E-state index is 9.70. The van der Waals surface area contributed by atoms with Crippen molar-refractivity contribution < 1.29 is 5.11 Å². The van der Waals surface area contributed by atoms with Crippen molar-refractivity contribution in [2.45, 2.75) is 25.2 Å². The number of allylic oxidation sites excluding steroid dienone is 2. The van der Waals surface area contributed by atoms with Crippen LogP contribution in [0.4, 0.5) is 0 Å². The van der Waals surface area contributed by atoms with Crippen LogP contribution in [0.15, 0.2) is 49.6 Å². The van der Waals surface area contributed by atoms with Crippen LogP contribution >= 0.6 is 0 Å². The fourth-order valence-electron chi connectivity index (χ4n) is 1.68. The molecule has 0 fully saturated rings. The van der Waals surface area contributed by atoms with Gasteiger partial charge in [0.2, 0.25) is 0 Å². The van der Waals surface area contributed by atoms with Gasteiger partial charge in [-0.2, -0.15) is 0 Å². The molecule has 0 aliphatic rings. The van der Waals surface area contributed by atoms with Crippen molar-refractivity contribution in [3.05, 3.63) is 55.1 Å². The molecule has 0 radical (unpaired) electrons. The molecule has 1 rings (SSSR count). The van der Waals surface area contributed by atoms with Crippen molar-refractivity contribution in [2.75, 3.05) is 0 Å². The normalized spacial score (nSPS) is 12.0. The van der Waals surface area contributed by atoms with E-state index in [1.54, 1.807) is 6.07 Å². The summed E-state index contributed by atoms with van der Waals surface area (Å²) in [7, 11) is 0. The zero-order chi connectivity index (χ0) is 11.1. The molecule has 0 heterocycles. The topological polar surface area (TPSA) is 20.2 Å². The van der Waals surface area contributed by atoms with Gasteiger partial charge in [0.25, 0.3) is 0 Å². The molecule has 0 saturated carbocycles. The van der Waals surface area contributed by atoms with Gasteiger partial charge in [0.05, 0.1) is 0 Å². The lowest BCUT2D eigenvalue weighted by molar-refractivity contribution is 0.463. The smallest absolute Gasteiger partial charge is 0.119 e. The molecule has 1 nitrogen and oxygen atoms in total. The van der Waals surface area contributed by atoms with Crippen molar-refractivity contribution in [3.8, 4) is 5.75 Å². The Balaban J connectivity index is 2.69. The molecule has 0 aliphatic heterocycles. The molecular formula is C14H18O. The van der Waals surface area contributed by atoms with Crippen LogP contribution in [-0.2, 0) is 0 Å². The van der Waals surface area contributed by atoms with E-state index in [2.05, 4.69) is 13.2 Å². The van der Waals surface area contributed by atoms with Gasteiger partial charge in [-0.25, -0.2) is 0 Å². The van der Waals surface area contributed by atoms with Crippen molar-refractivity contribution in [2.24, 2.45) is 0 Å². The molecule has 0 saturated heterocycles. The second-order valence-corrected chi connectivity index (χ2v) is 3.62. The highest BCUT2D eigenvalue weighted by Gasteiger charge is 2.10. The molecular weight excluding hydrogens is 184 g/mol. The van der Waals surface area contributed by atoms with Gasteiger partial charge in [-0.05, 0) is 25.3 Å². The Labute approximate surface area is 91.8 Å². The van der Waals surface area contributed by atoms with Crippen LogP contribution in [0.2, 0.25) is 0 Å². The molecule has 0 aliphatic carbocycles. The van der Waals surface area contributed by atoms with Crippen molar-refractivity contribution >= 4 is 0 Å². The van der Waals surface area contributed by atoms with Gasteiger partial charge in [-0.1, -0.05) is 30.4 Å². The van der Waals surface area contributed by atoms with E-state index in [0.29, 0.717) is 5.75 Å². The number of hydrogen-bond acceptors (Lipinski definition) is 1. The molecule has 1 aromatic rings. The molecule has 1 N–H and O–H groups in total. The quantitative estimate of drug-likeness (QED) is 0.545. The summed E-state index contributed by atoms with van der Waals surface area (Å²) < 4.78 is 0. The molecule has 0 spiro atoms. The number of rotatable bonds is 6. The summed E-state index contributed by atoms with van der Waals surface area (Å²) in [5.41, 5.74) is 0.969. The fraction of sp³-hybridized carbons (Fsp3) is 0.286. The van der Waals surface area contributed by atoms with Crippen molar-refractivity contribution in [1.29, 1.82) is 0 Å². The van der Waals surface area contributed by atoms with Crippen LogP contribution in [0.25, 0.3) is 0 Å². The molecule has 1 aromatic carbocycles. The minimum Gasteiger partial charge on any atom is -0.508 e. The van der Waals surface area contributed by atoms with E-state index >= 15 is 0 Å². The molecule has 0 bridgehead atoms. The molecule has 1 heteroatoms. The van der Waals surface area contributed by atoms with E-state index in [0.717, 1.165) is 24.8 Å². The fourth-order valence-corrected chi connectivity index (χ4v) is 1.68. The number of phenols is 1. The molecule has 15 heavy (non-hydrogen) atoms. The van der Waals surface area contributed by atoms with Gasteiger partial charge in [0, 0.05) is 11.5 Å². The van der Waals surface area contributed by atoms with E-state index in [-0.39, 0.29) is 5.92 Å². The maximum Gasteiger partial charge on any atom is 0.119 e. The average molecular weight is 202 g/mol. The first-order valence-corrected chi connectivity index (χ1v) is 5.31. The maximum atomic E-state index is 9.70. The highest BCUT2D eigenvalue weighted by Crippen LogP contribution is 2.29. The number of aromatic hydroxyl groups is 1. The SMILES string of the molecule is C=CCCCC(C=C)c1ccccc1O. The third-order valence-electron chi connectivity index (χ3n) is 2.54. The largest absolute Gasteiger partial charge is 0.508 e. The Bertz CT molecular complexity index is 328. The first kappa shape index (κ1) is 11.6. The number of benzene rings is 1. The zero-order valence-corrected chi connectivity index (χ0v) is 9.02. The first-order valence-electron chi connectivity index (χ1n) is 5.31. The Morgan fingerprint density at radius 1 is 1.27 bits per heavy atom. The number of unbranched alkanes of at least 4 members (excludes halogenated alkanes) is 1. The minimum absolute atomic E-state index is 0.242. The van der Waals surface area contributed by atoms with E-state index in [9.17, 15) is 5.11 Å². The molecule has 0 aromatic heterocycles. The first-order chi connectivity index (χ1) is 7.29. The second-order valence-electron chi connectivity index (χ2n) is 3.62. The van der Waals surface area contributed by atoms with Gasteiger partial charge in [0.15, 0.2) is 0 Å². The molecule has 0 amide bonds. The summed E-state index contributed by atoms with van der Waals surface area (Å²) in [5, 5.41) is 9.70. The monoisotopic (exact) mass is 202 g/mol. The minimum atomic E-state index is 0.242. The second kappa shape index (κ2) is 6.07. The summed E-state index contributed by atoms with van der Waals surface area (Å²) in [6.45, 7) is 7.52. The summed E-state index contributed by atoms with van der Waals surface area (Å²) in [5.74, 6) is 0.604. The average Bonchev–Trinajstić information content (AvgIpc) is 2.26. The number of phenolic OH excluding ortho intramolecular Hbond substituents is 1. The van der Waals surface area contributed by atoms with E-state index in [1.807, 2.05) is 30.4 Å². The third-order valence-corrected chi connectivity index (χ3v) is 2.54. The Hall–Kier alpha value is -1.50. The standard InChI is InChI=1S/C14H18O/c1-3-5-6-9-12(4-2)13-10-7-8-11-14(13)15/h3-4,7-8,10-12,15H,1-2,5-6,9H2. The van der Waals surface area contributed by atoms with Crippen LogP contribution < -0.4 is 0 Å². The number of hydrogen-bond donors (Lipinski definition) is 1. The van der Waals surface area contributed by atoms with E-state index < -0.39 is 0 Å². The predicted octanol–water partition coefficient (Wildman–Crippen LogP) is 4.02. The van der Waals surface area contributed by atoms with Gasteiger partial charge < -0.3 is 5.11 Å². The zero-order valence-electron chi connectivity index (χ0n) is 9.02. The lowest BCUT2D eigenvalue weighted by Crippen LogP contribution is -1.95. The van der Waals surface area contributed by atoms with Crippen LogP contribution in [0.1, 0.15) is 30.7 Å². The predicted molar refractivity (Wildman–Crippen MR) is 65.1 cm³/mol. The Morgan fingerprint density at radius 3 is 2.60 bits per heavy atom.